The van der Waals surface area contributed by atoms with Crippen LogP contribution in [-0.2, 0) is 22.6 Å². The number of rotatable bonds is 3. The van der Waals surface area contributed by atoms with Gasteiger partial charge in [0.25, 0.3) is 0 Å². The van der Waals surface area contributed by atoms with E-state index in [1.165, 1.54) is 4.68 Å². The van der Waals surface area contributed by atoms with E-state index in [9.17, 15) is 8.42 Å². The minimum atomic E-state index is -3.23. The molecule has 0 bridgehead atoms. The Bertz CT molecular complexity index is 769. The first-order valence-electron chi connectivity index (χ1n) is 5.63. The van der Waals surface area contributed by atoms with Crippen molar-refractivity contribution in [2.24, 2.45) is 7.05 Å². The molecule has 0 aliphatic carbocycles. The van der Waals surface area contributed by atoms with Crippen LogP contribution >= 0.6 is 23.2 Å². The number of nitrogen functional groups attached to an aromatic ring is 1. The number of aromatic nitrogens is 2. The Morgan fingerprint density at radius 2 is 2.00 bits per heavy atom. The van der Waals surface area contributed by atoms with E-state index in [0.29, 0.717) is 32.7 Å². The van der Waals surface area contributed by atoms with Crippen molar-refractivity contribution in [3.05, 3.63) is 33.9 Å². The summed E-state index contributed by atoms with van der Waals surface area (Å²) in [4.78, 5) is 0. The second kappa shape index (κ2) is 5.27. The molecule has 0 radical (unpaired) electrons. The quantitative estimate of drug-likeness (QED) is 0.936. The summed E-state index contributed by atoms with van der Waals surface area (Å²) in [6.45, 7) is 0. The maximum atomic E-state index is 11.5. The van der Waals surface area contributed by atoms with Crippen LogP contribution in [-0.4, -0.2) is 24.5 Å². The van der Waals surface area contributed by atoms with Gasteiger partial charge in [-0.25, -0.2) is 8.42 Å². The maximum absolute atomic E-state index is 11.5. The molecule has 108 valence electrons. The number of halogens is 2. The fourth-order valence-electron chi connectivity index (χ4n) is 1.93. The predicted octanol–water partition coefficient (Wildman–Crippen LogP) is 2.52. The summed E-state index contributed by atoms with van der Waals surface area (Å²) in [5, 5.41) is 5.04. The van der Waals surface area contributed by atoms with Crippen LogP contribution in [0, 0.1) is 0 Å². The first-order chi connectivity index (χ1) is 9.19. The average molecular weight is 334 g/mol. The van der Waals surface area contributed by atoms with Gasteiger partial charge in [-0.2, -0.15) is 5.10 Å². The van der Waals surface area contributed by atoms with Gasteiger partial charge in [-0.15, -0.1) is 0 Å². The van der Waals surface area contributed by atoms with E-state index in [0.717, 1.165) is 6.26 Å². The lowest BCUT2D eigenvalue weighted by molar-refractivity contribution is 0.600. The molecule has 1 heterocycles. The first kappa shape index (κ1) is 15.2. The van der Waals surface area contributed by atoms with Gasteiger partial charge in [-0.1, -0.05) is 29.3 Å². The van der Waals surface area contributed by atoms with Gasteiger partial charge in [-0.3, -0.25) is 4.68 Å². The predicted molar refractivity (Wildman–Crippen MR) is 81.6 cm³/mol. The van der Waals surface area contributed by atoms with Gasteiger partial charge in [-0.05, 0) is 12.1 Å². The Morgan fingerprint density at radius 3 is 2.55 bits per heavy atom. The van der Waals surface area contributed by atoms with E-state index in [-0.39, 0.29) is 5.75 Å². The molecular formula is C12H13Cl2N3O2S. The topological polar surface area (TPSA) is 78.0 Å². The summed E-state index contributed by atoms with van der Waals surface area (Å²) < 4.78 is 24.4. The van der Waals surface area contributed by atoms with E-state index >= 15 is 0 Å². The Morgan fingerprint density at radius 1 is 1.35 bits per heavy atom. The fourth-order valence-corrected chi connectivity index (χ4v) is 3.13. The van der Waals surface area contributed by atoms with Crippen LogP contribution in [0.3, 0.4) is 0 Å². The highest BCUT2D eigenvalue weighted by Gasteiger charge is 2.21. The van der Waals surface area contributed by atoms with Crippen LogP contribution in [0.4, 0.5) is 5.82 Å². The molecule has 2 aromatic rings. The third-order valence-electron chi connectivity index (χ3n) is 2.76. The van der Waals surface area contributed by atoms with Gasteiger partial charge in [0.05, 0.1) is 16.5 Å². The largest absolute Gasteiger partial charge is 0.383 e. The van der Waals surface area contributed by atoms with Gasteiger partial charge in [0.2, 0.25) is 0 Å². The molecule has 20 heavy (non-hydrogen) atoms. The minimum absolute atomic E-state index is 0.202. The van der Waals surface area contributed by atoms with Gasteiger partial charge in [0.15, 0.2) is 9.84 Å². The van der Waals surface area contributed by atoms with Gasteiger partial charge >= 0.3 is 0 Å². The molecule has 0 atom stereocenters. The lowest BCUT2D eigenvalue weighted by atomic mass is 10.1. The molecule has 8 heteroatoms. The highest BCUT2D eigenvalue weighted by atomic mass is 35.5. The Kier molecular flexibility index (Phi) is 4.00. The van der Waals surface area contributed by atoms with Crippen molar-refractivity contribution in [3.63, 3.8) is 0 Å². The lowest BCUT2D eigenvalue weighted by Crippen LogP contribution is -2.03. The molecule has 0 saturated carbocycles. The summed E-state index contributed by atoms with van der Waals surface area (Å²) in [5.41, 5.74) is 7.49. The van der Waals surface area contributed by atoms with Crippen molar-refractivity contribution in [2.45, 2.75) is 5.75 Å². The third-order valence-corrected chi connectivity index (χ3v) is 4.11. The summed E-state index contributed by atoms with van der Waals surface area (Å²) in [6, 6.07) is 4.94. The highest BCUT2D eigenvalue weighted by molar-refractivity contribution is 7.89. The zero-order chi connectivity index (χ0) is 15.1. The number of hydrogen-bond donors (Lipinski definition) is 1. The molecule has 0 amide bonds. The summed E-state index contributed by atoms with van der Waals surface area (Å²) in [7, 11) is -1.59. The van der Waals surface area contributed by atoms with Crippen LogP contribution in [0.5, 0.6) is 0 Å². The van der Waals surface area contributed by atoms with E-state index in [2.05, 4.69) is 5.10 Å². The number of anilines is 1. The van der Waals surface area contributed by atoms with E-state index in [4.69, 9.17) is 28.9 Å². The third kappa shape index (κ3) is 3.08. The molecule has 0 spiro atoms. The van der Waals surface area contributed by atoms with Gasteiger partial charge in [0, 0.05) is 29.5 Å². The van der Waals surface area contributed by atoms with Crippen LogP contribution in [0.2, 0.25) is 10.0 Å². The smallest absolute Gasteiger partial charge is 0.153 e. The molecule has 1 aromatic heterocycles. The van der Waals surface area contributed by atoms with E-state index in [1.807, 2.05) is 0 Å². The molecule has 2 N–H and O–H groups in total. The van der Waals surface area contributed by atoms with Crippen LogP contribution in [0.15, 0.2) is 18.2 Å². The van der Waals surface area contributed by atoms with Crippen LogP contribution < -0.4 is 5.73 Å². The van der Waals surface area contributed by atoms with Crippen LogP contribution in [0.1, 0.15) is 5.69 Å². The SMILES string of the molecule is Cn1nc(CS(C)(=O)=O)c(-c2ccc(Cl)cc2Cl)c1N. The number of nitrogens with zero attached hydrogens (tertiary/aromatic N) is 2. The Balaban J connectivity index is 2.66. The van der Waals surface area contributed by atoms with Gasteiger partial charge in [0.1, 0.15) is 5.82 Å². The van der Waals surface area contributed by atoms with Crippen molar-refractivity contribution >= 4 is 38.9 Å². The van der Waals surface area contributed by atoms with E-state index < -0.39 is 9.84 Å². The molecule has 0 aliphatic rings. The zero-order valence-electron chi connectivity index (χ0n) is 10.9. The summed E-state index contributed by atoms with van der Waals surface area (Å²) in [6.07, 6.45) is 1.14. The Labute approximate surface area is 127 Å². The van der Waals surface area contributed by atoms with Crippen molar-refractivity contribution in [3.8, 4) is 11.1 Å². The monoisotopic (exact) mass is 333 g/mol. The molecule has 0 fully saturated rings. The summed E-state index contributed by atoms with van der Waals surface area (Å²) in [5.74, 6) is 0.152. The number of nitrogens with two attached hydrogens (primary N) is 1. The number of aryl methyl sites for hydroxylation is 1. The van der Waals surface area contributed by atoms with Crippen molar-refractivity contribution < 1.29 is 8.42 Å². The van der Waals surface area contributed by atoms with Gasteiger partial charge < -0.3 is 5.73 Å². The molecule has 5 nitrogen and oxygen atoms in total. The molecule has 2 rings (SSSR count). The van der Waals surface area contributed by atoms with Crippen molar-refractivity contribution in [2.75, 3.05) is 12.0 Å². The molecule has 0 aliphatic heterocycles. The number of benzene rings is 1. The standard InChI is InChI=1S/C12H13Cl2N3O2S/c1-17-12(15)11(10(16-17)6-20(2,18)19)8-4-3-7(13)5-9(8)14/h3-5H,6,15H2,1-2H3. The zero-order valence-corrected chi connectivity index (χ0v) is 13.2. The molecular weight excluding hydrogens is 321 g/mol. The first-order valence-corrected chi connectivity index (χ1v) is 8.45. The highest BCUT2D eigenvalue weighted by Crippen LogP contribution is 2.36. The second-order valence-electron chi connectivity index (χ2n) is 4.52. The van der Waals surface area contributed by atoms with E-state index in [1.54, 1.807) is 25.2 Å². The molecule has 0 saturated heterocycles. The normalized spacial score (nSPS) is 11.8. The van der Waals surface area contributed by atoms with Crippen LogP contribution in [0.25, 0.3) is 11.1 Å². The lowest BCUT2D eigenvalue weighted by Gasteiger charge is -2.06. The Hall–Kier alpha value is -1.24. The minimum Gasteiger partial charge on any atom is -0.383 e. The average Bonchev–Trinajstić information content (AvgIpc) is 2.53. The van der Waals surface area contributed by atoms with Crippen molar-refractivity contribution in [1.82, 2.24) is 9.78 Å². The molecule has 1 aromatic carbocycles. The van der Waals surface area contributed by atoms with Crippen molar-refractivity contribution in [1.29, 1.82) is 0 Å². The molecule has 0 unspecified atom stereocenters. The fraction of sp³-hybridized carbons (Fsp3) is 0.250. The number of hydrogen-bond acceptors (Lipinski definition) is 4. The summed E-state index contributed by atoms with van der Waals surface area (Å²) >= 11 is 12.0. The maximum Gasteiger partial charge on any atom is 0.153 e. The second-order valence-corrected chi connectivity index (χ2v) is 7.51. The number of sulfone groups is 1.